The van der Waals surface area contributed by atoms with E-state index in [9.17, 15) is 0 Å². The van der Waals surface area contributed by atoms with Gasteiger partial charge >= 0.3 is 0 Å². The Kier molecular flexibility index (Phi) is 9.37. The number of imidazole rings is 1. The van der Waals surface area contributed by atoms with Crippen molar-refractivity contribution in [1.29, 1.82) is 0 Å². The largest absolute Gasteiger partial charge is 0.382 e. The van der Waals surface area contributed by atoms with Crippen LogP contribution in [-0.2, 0) is 16.0 Å². The minimum absolute atomic E-state index is 0.647. The van der Waals surface area contributed by atoms with Gasteiger partial charge in [0, 0.05) is 34.4 Å². The number of nitrogens with zero attached hydrogens (tertiary/aromatic N) is 3. The van der Waals surface area contributed by atoms with Gasteiger partial charge in [-0.2, -0.15) is 0 Å². The molecule has 1 aromatic heterocycles. The monoisotopic (exact) mass is 373 g/mol. The standard InChI is InChI=1S/C20H31N5O2/c1-21-20(22-11-7-8-12-27-14-13-26-3)25(2)16-19-23-15-18(24-19)17-9-5-4-6-10-17/h4-6,9-10,15H,7-8,11-14,16H2,1-3H3,(H,21,22)(H,23,24). The lowest BCUT2D eigenvalue weighted by molar-refractivity contribution is 0.0689. The molecule has 148 valence electrons. The third-order valence-electron chi connectivity index (χ3n) is 4.10. The van der Waals surface area contributed by atoms with Gasteiger partial charge in [0.05, 0.1) is 31.6 Å². The third kappa shape index (κ3) is 7.40. The van der Waals surface area contributed by atoms with Gasteiger partial charge in [-0.15, -0.1) is 0 Å². The molecule has 0 fully saturated rings. The van der Waals surface area contributed by atoms with Gasteiger partial charge in [-0.1, -0.05) is 30.3 Å². The normalized spacial score (nSPS) is 11.6. The number of benzene rings is 1. The van der Waals surface area contributed by atoms with Gasteiger partial charge < -0.3 is 24.7 Å². The number of methoxy groups -OCH3 is 1. The van der Waals surface area contributed by atoms with E-state index in [1.807, 2.05) is 31.4 Å². The number of unbranched alkanes of at least 4 members (excludes halogenated alkanes) is 1. The molecule has 0 saturated carbocycles. The lowest BCUT2D eigenvalue weighted by Gasteiger charge is -2.21. The summed E-state index contributed by atoms with van der Waals surface area (Å²) >= 11 is 0. The van der Waals surface area contributed by atoms with Crippen molar-refractivity contribution in [2.45, 2.75) is 19.4 Å². The van der Waals surface area contributed by atoms with Crippen LogP contribution in [0.4, 0.5) is 0 Å². The predicted octanol–water partition coefficient (Wildman–Crippen LogP) is 2.53. The molecule has 0 bridgehead atoms. The summed E-state index contributed by atoms with van der Waals surface area (Å²) in [6, 6.07) is 10.2. The maximum Gasteiger partial charge on any atom is 0.193 e. The molecule has 0 aliphatic rings. The fourth-order valence-electron chi connectivity index (χ4n) is 2.67. The van der Waals surface area contributed by atoms with E-state index < -0.39 is 0 Å². The van der Waals surface area contributed by atoms with E-state index >= 15 is 0 Å². The van der Waals surface area contributed by atoms with Gasteiger partial charge in [0.1, 0.15) is 5.82 Å². The van der Waals surface area contributed by atoms with Gasteiger partial charge in [0.15, 0.2) is 5.96 Å². The number of nitrogens with one attached hydrogen (secondary N) is 2. The molecule has 0 radical (unpaired) electrons. The van der Waals surface area contributed by atoms with Crippen LogP contribution in [0.5, 0.6) is 0 Å². The first kappa shape index (κ1) is 20.9. The molecular formula is C20H31N5O2. The molecule has 0 atom stereocenters. The highest BCUT2D eigenvalue weighted by molar-refractivity contribution is 5.79. The Morgan fingerprint density at radius 3 is 2.74 bits per heavy atom. The predicted molar refractivity (Wildman–Crippen MR) is 109 cm³/mol. The summed E-state index contributed by atoms with van der Waals surface area (Å²) in [4.78, 5) is 14.3. The first-order valence-electron chi connectivity index (χ1n) is 9.32. The van der Waals surface area contributed by atoms with Crippen LogP contribution in [0.1, 0.15) is 18.7 Å². The SMILES string of the molecule is CN=C(NCCCCOCCOC)N(C)Cc1ncc(-c2ccccc2)[nH]1. The number of H-pyrrole nitrogens is 1. The van der Waals surface area contributed by atoms with E-state index in [2.05, 4.69) is 37.3 Å². The number of aliphatic imine (C=N–C) groups is 1. The fourth-order valence-corrected chi connectivity index (χ4v) is 2.67. The second-order valence-electron chi connectivity index (χ2n) is 6.25. The van der Waals surface area contributed by atoms with Crippen molar-refractivity contribution in [3.8, 4) is 11.3 Å². The molecule has 0 aliphatic heterocycles. The Hall–Kier alpha value is -2.38. The van der Waals surface area contributed by atoms with Crippen LogP contribution < -0.4 is 5.32 Å². The number of aromatic nitrogens is 2. The Balaban J connectivity index is 1.72. The number of aromatic amines is 1. The zero-order valence-electron chi connectivity index (χ0n) is 16.6. The summed E-state index contributed by atoms with van der Waals surface area (Å²) in [6.45, 7) is 3.58. The van der Waals surface area contributed by atoms with E-state index in [-0.39, 0.29) is 0 Å². The topological polar surface area (TPSA) is 74.8 Å². The van der Waals surface area contributed by atoms with Gasteiger partial charge in [-0.25, -0.2) is 4.98 Å². The molecule has 2 rings (SSSR count). The average molecular weight is 374 g/mol. The Bertz CT molecular complexity index is 672. The number of ether oxygens (including phenoxy) is 2. The van der Waals surface area contributed by atoms with Crippen LogP contribution >= 0.6 is 0 Å². The van der Waals surface area contributed by atoms with E-state index in [0.29, 0.717) is 19.8 Å². The molecule has 7 heteroatoms. The van der Waals surface area contributed by atoms with Crippen molar-refractivity contribution in [2.75, 3.05) is 47.6 Å². The molecule has 7 nitrogen and oxygen atoms in total. The lowest BCUT2D eigenvalue weighted by atomic mass is 10.2. The first-order chi connectivity index (χ1) is 13.2. The van der Waals surface area contributed by atoms with Gasteiger partial charge in [0.25, 0.3) is 0 Å². The maximum atomic E-state index is 5.47. The van der Waals surface area contributed by atoms with Crippen molar-refractivity contribution in [1.82, 2.24) is 20.2 Å². The summed E-state index contributed by atoms with van der Waals surface area (Å²) in [7, 11) is 5.48. The molecule has 1 aromatic carbocycles. The molecule has 0 spiro atoms. The molecule has 0 saturated heterocycles. The van der Waals surface area contributed by atoms with E-state index in [1.54, 1.807) is 14.2 Å². The van der Waals surface area contributed by atoms with Crippen LogP contribution in [0, 0.1) is 0 Å². The molecule has 0 unspecified atom stereocenters. The van der Waals surface area contributed by atoms with Crippen molar-refractivity contribution in [3.05, 3.63) is 42.4 Å². The first-order valence-corrected chi connectivity index (χ1v) is 9.32. The molecular weight excluding hydrogens is 342 g/mol. The van der Waals surface area contributed by atoms with E-state index in [4.69, 9.17) is 9.47 Å². The highest BCUT2D eigenvalue weighted by atomic mass is 16.5. The number of hydrogen-bond acceptors (Lipinski definition) is 4. The second kappa shape index (κ2) is 12.1. The molecule has 0 aliphatic carbocycles. The molecule has 2 aromatic rings. The Morgan fingerprint density at radius 1 is 1.19 bits per heavy atom. The number of rotatable bonds is 11. The lowest BCUT2D eigenvalue weighted by Crippen LogP contribution is -2.39. The van der Waals surface area contributed by atoms with E-state index in [1.165, 1.54) is 0 Å². The van der Waals surface area contributed by atoms with Crippen LogP contribution in [-0.4, -0.2) is 68.4 Å². The average Bonchev–Trinajstić information content (AvgIpc) is 3.16. The minimum Gasteiger partial charge on any atom is -0.382 e. The summed E-state index contributed by atoms with van der Waals surface area (Å²) in [5.74, 6) is 1.76. The van der Waals surface area contributed by atoms with Crippen molar-refractivity contribution in [2.24, 2.45) is 4.99 Å². The minimum atomic E-state index is 0.647. The zero-order chi connectivity index (χ0) is 19.3. The summed E-state index contributed by atoms with van der Waals surface area (Å²) < 4.78 is 10.4. The highest BCUT2D eigenvalue weighted by Crippen LogP contribution is 2.16. The van der Waals surface area contributed by atoms with Crippen molar-refractivity contribution in [3.63, 3.8) is 0 Å². The molecule has 1 heterocycles. The number of hydrogen-bond donors (Lipinski definition) is 2. The van der Waals surface area contributed by atoms with Gasteiger partial charge in [-0.05, 0) is 18.4 Å². The van der Waals surface area contributed by atoms with Crippen LogP contribution in [0.2, 0.25) is 0 Å². The second-order valence-corrected chi connectivity index (χ2v) is 6.25. The molecule has 27 heavy (non-hydrogen) atoms. The molecule has 2 N–H and O–H groups in total. The van der Waals surface area contributed by atoms with Crippen LogP contribution in [0.3, 0.4) is 0 Å². The Morgan fingerprint density at radius 2 is 2.00 bits per heavy atom. The fraction of sp³-hybridized carbons (Fsp3) is 0.500. The maximum absolute atomic E-state index is 5.47. The quantitative estimate of drug-likeness (QED) is 0.360. The highest BCUT2D eigenvalue weighted by Gasteiger charge is 2.09. The van der Waals surface area contributed by atoms with Crippen LogP contribution in [0.15, 0.2) is 41.5 Å². The summed E-state index contributed by atoms with van der Waals surface area (Å²) in [5, 5.41) is 3.38. The smallest absolute Gasteiger partial charge is 0.193 e. The van der Waals surface area contributed by atoms with E-state index in [0.717, 1.165) is 49.0 Å². The zero-order valence-corrected chi connectivity index (χ0v) is 16.6. The summed E-state index contributed by atoms with van der Waals surface area (Å²) in [5.41, 5.74) is 2.16. The molecule has 0 amide bonds. The van der Waals surface area contributed by atoms with Gasteiger partial charge in [-0.3, -0.25) is 4.99 Å². The van der Waals surface area contributed by atoms with Crippen molar-refractivity contribution < 1.29 is 9.47 Å². The van der Waals surface area contributed by atoms with Crippen molar-refractivity contribution >= 4 is 5.96 Å². The third-order valence-corrected chi connectivity index (χ3v) is 4.10. The number of guanidine groups is 1. The van der Waals surface area contributed by atoms with Gasteiger partial charge in [0.2, 0.25) is 0 Å². The Labute approximate surface area is 161 Å². The van der Waals surface area contributed by atoms with Crippen LogP contribution in [0.25, 0.3) is 11.3 Å². The summed E-state index contributed by atoms with van der Waals surface area (Å²) in [6.07, 6.45) is 3.91.